The van der Waals surface area contributed by atoms with Crippen LogP contribution in [-0.4, -0.2) is 102 Å². The van der Waals surface area contributed by atoms with E-state index in [0.29, 0.717) is 45.9 Å². The van der Waals surface area contributed by atoms with Crippen LogP contribution in [0, 0.1) is 5.92 Å². The van der Waals surface area contributed by atoms with Crippen LogP contribution >= 0.6 is 0 Å². The van der Waals surface area contributed by atoms with Gasteiger partial charge in [0.25, 0.3) is 5.56 Å². The molecule has 242 valence electrons. The SMILES string of the molecule is Cn1c2c(c(=O)n(CC(=O)N3CCOCC3)c1=O)N(CC=Cc1ccccc1)C(N1CCC3CNCC31)N2OC(=O)C(F)(F)F. The van der Waals surface area contributed by atoms with Crippen LogP contribution in [0.4, 0.5) is 24.7 Å². The zero-order valence-corrected chi connectivity index (χ0v) is 24.6. The Bertz CT molecular complexity index is 1590. The van der Waals surface area contributed by atoms with Crippen LogP contribution in [0.5, 0.6) is 0 Å². The highest BCUT2D eigenvalue weighted by Crippen LogP contribution is 2.42. The number of likely N-dealkylation sites (tertiary alicyclic amines) is 1. The van der Waals surface area contributed by atoms with E-state index in [4.69, 9.17) is 9.57 Å². The van der Waals surface area contributed by atoms with Crippen LogP contribution in [0.1, 0.15) is 12.0 Å². The van der Waals surface area contributed by atoms with Gasteiger partial charge in [0.1, 0.15) is 6.54 Å². The highest BCUT2D eigenvalue weighted by Gasteiger charge is 2.54. The first-order chi connectivity index (χ1) is 21.6. The van der Waals surface area contributed by atoms with Crippen molar-refractivity contribution in [3.8, 4) is 0 Å². The number of morpholine rings is 1. The van der Waals surface area contributed by atoms with Crippen molar-refractivity contribution in [1.29, 1.82) is 0 Å². The molecule has 3 atom stereocenters. The van der Waals surface area contributed by atoms with E-state index < -0.39 is 42.1 Å². The number of hydrogen-bond acceptors (Lipinski definition) is 10. The number of nitrogens with one attached hydrogen (secondary N) is 1. The van der Waals surface area contributed by atoms with Gasteiger partial charge in [-0.25, -0.2) is 14.2 Å². The summed E-state index contributed by atoms with van der Waals surface area (Å²) in [6, 6.07) is 9.17. The second-order valence-corrected chi connectivity index (χ2v) is 11.4. The molecule has 0 saturated carbocycles. The number of carbonyl (C=O) groups excluding carboxylic acids is 2. The fourth-order valence-corrected chi connectivity index (χ4v) is 6.55. The van der Waals surface area contributed by atoms with Crippen molar-refractivity contribution in [1.82, 2.24) is 24.3 Å². The van der Waals surface area contributed by atoms with Gasteiger partial charge in [-0.05, 0) is 24.4 Å². The van der Waals surface area contributed by atoms with Gasteiger partial charge in [-0.2, -0.15) is 13.2 Å². The number of rotatable bonds is 7. The molecule has 1 aromatic heterocycles. The number of halogens is 3. The summed E-state index contributed by atoms with van der Waals surface area (Å²) in [5.41, 5.74) is -1.11. The number of hydroxylamine groups is 1. The molecule has 0 radical (unpaired) electrons. The third-order valence-corrected chi connectivity index (χ3v) is 8.75. The average molecular weight is 634 g/mol. The van der Waals surface area contributed by atoms with Crippen molar-refractivity contribution < 1.29 is 32.3 Å². The number of benzene rings is 1. The predicted octanol–water partition coefficient (Wildman–Crippen LogP) is 0.343. The summed E-state index contributed by atoms with van der Waals surface area (Å²) in [5, 5.41) is 4.03. The molecule has 45 heavy (non-hydrogen) atoms. The van der Waals surface area contributed by atoms with Gasteiger partial charge in [0.2, 0.25) is 5.91 Å². The molecule has 6 rings (SSSR count). The van der Waals surface area contributed by atoms with Gasteiger partial charge in [0.15, 0.2) is 17.8 Å². The minimum Gasteiger partial charge on any atom is -0.378 e. The molecule has 0 bridgehead atoms. The molecule has 5 heterocycles. The lowest BCUT2D eigenvalue weighted by Crippen LogP contribution is -2.59. The topological polar surface area (TPSA) is 122 Å². The minimum absolute atomic E-state index is 0.0127. The molecule has 3 fully saturated rings. The minimum atomic E-state index is -5.34. The largest absolute Gasteiger partial charge is 0.493 e. The fraction of sp³-hybridized carbons (Fsp3) is 0.517. The Balaban J connectivity index is 1.47. The van der Waals surface area contributed by atoms with Crippen molar-refractivity contribution in [2.24, 2.45) is 13.0 Å². The van der Waals surface area contributed by atoms with E-state index in [1.807, 2.05) is 35.2 Å². The number of hydrogen-bond donors (Lipinski definition) is 1. The van der Waals surface area contributed by atoms with E-state index in [0.717, 1.165) is 26.2 Å². The first-order valence-corrected chi connectivity index (χ1v) is 14.8. The number of amides is 1. The second-order valence-electron chi connectivity index (χ2n) is 11.4. The summed E-state index contributed by atoms with van der Waals surface area (Å²) < 4.78 is 47.8. The van der Waals surface area contributed by atoms with Crippen molar-refractivity contribution in [3.05, 3.63) is 62.8 Å². The van der Waals surface area contributed by atoms with Gasteiger partial charge in [-0.15, -0.1) is 5.06 Å². The standard InChI is InChI=1S/C29H34F3N7O6/c1-34-24-23(25(41)38(28(34)43)18-22(40)35-12-14-44-15-13-35)37(10-5-8-19-6-3-2-4-7-19)27(39(24)45-26(42)29(30,31)32)36-11-9-20-16-33-17-21(20)36/h2-8,20-21,27,33H,9-18H2,1H3. The molecule has 4 aliphatic heterocycles. The van der Waals surface area contributed by atoms with Crippen molar-refractivity contribution in [2.45, 2.75) is 31.5 Å². The third-order valence-electron chi connectivity index (χ3n) is 8.75. The normalized spacial score (nSPS) is 23.6. The lowest BCUT2D eigenvalue weighted by Gasteiger charge is -2.39. The maximum atomic E-state index is 14.2. The number of aromatic nitrogens is 2. The number of carbonyl (C=O) groups is 2. The van der Waals surface area contributed by atoms with E-state index >= 15 is 0 Å². The summed E-state index contributed by atoms with van der Waals surface area (Å²) in [7, 11) is 1.27. The Morgan fingerprint density at radius 3 is 2.53 bits per heavy atom. The molecule has 3 unspecified atom stereocenters. The van der Waals surface area contributed by atoms with Gasteiger partial charge >= 0.3 is 17.8 Å². The summed E-state index contributed by atoms with van der Waals surface area (Å²) in [6.07, 6.45) is -2.24. The van der Waals surface area contributed by atoms with Gasteiger partial charge in [-0.3, -0.25) is 19.1 Å². The van der Waals surface area contributed by atoms with E-state index in [1.165, 1.54) is 16.8 Å². The molecule has 13 nitrogen and oxygen atoms in total. The zero-order chi connectivity index (χ0) is 31.9. The second kappa shape index (κ2) is 12.3. The van der Waals surface area contributed by atoms with E-state index in [1.54, 1.807) is 12.2 Å². The van der Waals surface area contributed by atoms with Crippen LogP contribution in [0.15, 0.2) is 46.0 Å². The maximum absolute atomic E-state index is 14.2. The molecule has 2 aromatic rings. The summed E-state index contributed by atoms with van der Waals surface area (Å²) in [5.74, 6) is -3.06. The number of ether oxygens (including phenoxy) is 1. The summed E-state index contributed by atoms with van der Waals surface area (Å²) >= 11 is 0. The van der Waals surface area contributed by atoms with Crippen LogP contribution < -0.4 is 26.5 Å². The summed E-state index contributed by atoms with van der Waals surface area (Å²) in [6.45, 7) is 2.38. The maximum Gasteiger partial charge on any atom is 0.493 e. The van der Waals surface area contributed by atoms with Gasteiger partial charge in [0.05, 0.1) is 13.2 Å². The Hall–Kier alpha value is -4.15. The fourth-order valence-electron chi connectivity index (χ4n) is 6.55. The molecule has 0 aliphatic carbocycles. The van der Waals surface area contributed by atoms with E-state index in [9.17, 15) is 32.3 Å². The highest BCUT2D eigenvalue weighted by atomic mass is 19.4. The lowest BCUT2D eigenvalue weighted by atomic mass is 10.1. The molecule has 1 amide bonds. The van der Waals surface area contributed by atoms with Crippen LogP contribution in [0.25, 0.3) is 6.08 Å². The highest BCUT2D eigenvalue weighted by molar-refractivity contribution is 5.80. The van der Waals surface area contributed by atoms with Crippen LogP contribution in [0.2, 0.25) is 0 Å². The Labute approximate surface area is 255 Å². The molecular formula is C29H34F3N7O6. The van der Waals surface area contributed by atoms with Crippen LogP contribution in [0.3, 0.4) is 0 Å². The molecule has 1 aromatic carbocycles. The molecule has 3 saturated heterocycles. The Morgan fingerprint density at radius 1 is 1.09 bits per heavy atom. The lowest BCUT2D eigenvalue weighted by molar-refractivity contribution is -0.203. The molecule has 1 N–H and O–H groups in total. The van der Waals surface area contributed by atoms with Crippen molar-refractivity contribution >= 4 is 29.5 Å². The third kappa shape index (κ3) is 5.84. The van der Waals surface area contributed by atoms with Crippen molar-refractivity contribution in [3.63, 3.8) is 0 Å². The first kappa shape index (κ1) is 30.9. The van der Waals surface area contributed by atoms with Gasteiger partial charge in [-0.1, -0.05) is 42.5 Å². The van der Waals surface area contributed by atoms with Crippen LogP contribution in [-0.2, 0) is 32.8 Å². The molecular weight excluding hydrogens is 599 g/mol. The molecule has 4 aliphatic rings. The van der Waals surface area contributed by atoms with Gasteiger partial charge in [0, 0.05) is 45.8 Å². The Kier molecular flexibility index (Phi) is 8.45. The Morgan fingerprint density at radius 2 is 1.82 bits per heavy atom. The average Bonchev–Trinajstić information content (AvgIpc) is 3.73. The number of anilines is 2. The van der Waals surface area contributed by atoms with E-state index in [-0.39, 0.29) is 30.0 Å². The first-order valence-electron chi connectivity index (χ1n) is 14.8. The van der Waals surface area contributed by atoms with Crippen molar-refractivity contribution in [2.75, 3.05) is 62.4 Å². The monoisotopic (exact) mass is 633 g/mol. The summed E-state index contributed by atoms with van der Waals surface area (Å²) in [4.78, 5) is 63.2. The number of fused-ring (bicyclic) bond motifs is 2. The number of alkyl halides is 3. The molecule has 0 spiro atoms. The van der Waals surface area contributed by atoms with Gasteiger partial charge < -0.3 is 24.7 Å². The molecule has 16 heteroatoms. The quantitative estimate of drug-likeness (QED) is 0.457. The smallest absolute Gasteiger partial charge is 0.378 e. The number of nitrogens with zero attached hydrogens (tertiary/aromatic N) is 6. The predicted molar refractivity (Wildman–Crippen MR) is 156 cm³/mol. The zero-order valence-electron chi connectivity index (χ0n) is 24.6. The van der Waals surface area contributed by atoms with E-state index in [2.05, 4.69) is 5.32 Å².